The number of amides is 2. The van der Waals surface area contributed by atoms with Gasteiger partial charge in [-0.1, -0.05) is 0 Å². The Hall–Kier alpha value is -1.95. The highest BCUT2D eigenvalue weighted by Gasteiger charge is 2.28. The minimum Gasteiger partial charge on any atom is -0.354 e. The molecular formula is C13H18N4O2. The summed E-state index contributed by atoms with van der Waals surface area (Å²) in [5, 5.41) is 5.53. The van der Waals surface area contributed by atoms with Crippen molar-refractivity contribution in [2.24, 2.45) is 11.7 Å². The van der Waals surface area contributed by atoms with Crippen LogP contribution in [0.15, 0.2) is 18.3 Å². The highest BCUT2D eigenvalue weighted by Crippen LogP contribution is 2.28. The zero-order valence-electron chi connectivity index (χ0n) is 10.7. The van der Waals surface area contributed by atoms with Crippen molar-refractivity contribution in [3.8, 4) is 0 Å². The summed E-state index contributed by atoms with van der Waals surface area (Å²) >= 11 is 0. The van der Waals surface area contributed by atoms with E-state index in [1.54, 1.807) is 18.3 Å². The van der Waals surface area contributed by atoms with Crippen LogP contribution in [0.3, 0.4) is 0 Å². The van der Waals surface area contributed by atoms with E-state index >= 15 is 0 Å². The predicted octanol–water partition coefficient (Wildman–Crippen LogP) is -0.204. The van der Waals surface area contributed by atoms with Gasteiger partial charge in [-0.3, -0.25) is 14.6 Å². The lowest BCUT2D eigenvalue weighted by Crippen LogP contribution is -2.35. The van der Waals surface area contributed by atoms with Gasteiger partial charge in [0.2, 0.25) is 5.91 Å². The fourth-order valence-electron chi connectivity index (χ4n) is 1.68. The fourth-order valence-corrected chi connectivity index (χ4v) is 1.68. The number of aromatic nitrogens is 1. The van der Waals surface area contributed by atoms with E-state index in [1.165, 1.54) is 0 Å². The van der Waals surface area contributed by atoms with Crippen LogP contribution in [0.25, 0.3) is 0 Å². The first-order chi connectivity index (χ1) is 9.20. The third kappa shape index (κ3) is 4.03. The summed E-state index contributed by atoms with van der Waals surface area (Å²) in [6.07, 6.45) is 3.53. The first-order valence-electron chi connectivity index (χ1n) is 6.41. The molecule has 102 valence electrons. The molecule has 2 rings (SSSR count). The summed E-state index contributed by atoms with van der Waals surface area (Å²) in [6.45, 7) is 1.17. The lowest BCUT2D eigenvalue weighted by Gasteiger charge is -2.07. The van der Waals surface area contributed by atoms with E-state index in [0.29, 0.717) is 30.9 Å². The van der Waals surface area contributed by atoms with Crippen LogP contribution in [0.1, 0.15) is 28.9 Å². The second kappa shape index (κ2) is 6.29. The van der Waals surface area contributed by atoms with Crippen LogP contribution >= 0.6 is 0 Å². The molecule has 1 aromatic heterocycles. The van der Waals surface area contributed by atoms with Crippen molar-refractivity contribution >= 4 is 11.8 Å². The molecule has 0 spiro atoms. The normalized spacial score (nSPS) is 13.9. The molecule has 6 heteroatoms. The van der Waals surface area contributed by atoms with E-state index in [0.717, 1.165) is 12.8 Å². The standard InChI is InChI=1S/C13H18N4O2/c14-8-11-7-10(3-4-15-11)13(19)17-6-5-16-12(18)9-1-2-9/h3-4,7,9H,1-2,5-6,8,14H2,(H,16,18)(H,17,19). The van der Waals surface area contributed by atoms with Crippen LogP contribution in [0.4, 0.5) is 0 Å². The first-order valence-corrected chi connectivity index (χ1v) is 6.41. The van der Waals surface area contributed by atoms with Crippen molar-refractivity contribution < 1.29 is 9.59 Å². The van der Waals surface area contributed by atoms with Gasteiger partial charge in [0.1, 0.15) is 0 Å². The summed E-state index contributed by atoms with van der Waals surface area (Å²) in [7, 11) is 0. The number of carbonyl (C=O) groups excluding carboxylic acids is 2. The molecule has 0 bridgehead atoms. The maximum Gasteiger partial charge on any atom is 0.251 e. The van der Waals surface area contributed by atoms with Crippen molar-refractivity contribution in [2.45, 2.75) is 19.4 Å². The quantitative estimate of drug-likeness (QED) is 0.618. The van der Waals surface area contributed by atoms with Crippen LogP contribution in [0, 0.1) is 5.92 Å². The van der Waals surface area contributed by atoms with Crippen molar-refractivity contribution in [3.63, 3.8) is 0 Å². The molecule has 19 heavy (non-hydrogen) atoms. The SMILES string of the molecule is NCc1cc(C(=O)NCCNC(=O)C2CC2)ccn1. The Morgan fingerprint density at radius 1 is 1.32 bits per heavy atom. The van der Waals surface area contributed by atoms with E-state index < -0.39 is 0 Å². The molecule has 1 aliphatic carbocycles. The lowest BCUT2D eigenvalue weighted by atomic mass is 10.2. The maximum atomic E-state index is 11.8. The van der Waals surface area contributed by atoms with Gasteiger partial charge in [-0.25, -0.2) is 0 Å². The van der Waals surface area contributed by atoms with Crippen LogP contribution < -0.4 is 16.4 Å². The molecular weight excluding hydrogens is 244 g/mol. The third-order valence-corrected chi connectivity index (χ3v) is 2.95. The zero-order chi connectivity index (χ0) is 13.7. The average Bonchev–Trinajstić information content (AvgIpc) is 3.27. The van der Waals surface area contributed by atoms with Gasteiger partial charge in [-0.05, 0) is 25.0 Å². The molecule has 0 atom stereocenters. The maximum absolute atomic E-state index is 11.8. The molecule has 1 fully saturated rings. The Morgan fingerprint density at radius 3 is 2.74 bits per heavy atom. The van der Waals surface area contributed by atoms with Gasteiger partial charge in [0.05, 0.1) is 5.69 Å². The molecule has 4 N–H and O–H groups in total. The molecule has 0 saturated heterocycles. The second-order valence-corrected chi connectivity index (χ2v) is 4.56. The number of nitrogens with one attached hydrogen (secondary N) is 2. The average molecular weight is 262 g/mol. The van der Waals surface area contributed by atoms with Crippen molar-refractivity contribution in [2.75, 3.05) is 13.1 Å². The largest absolute Gasteiger partial charge is 0.354 e. The predicted molar refractivity (Wildman–Crippen MR) is 70.2 cm³/mol. The Labute approximate surface area is 111 Å². The smallest absolute Gasteiger partial charge is 0.251 e. The van der Waals surface area contributed by atoms with Crippen molar-refractivity contribution in [3.05, 3.63) is 29.6 Å². The Morgan fingerprint density at radius 2 is 2.05 bits per heavy atom. The lowest BCUT2D eigenvalue weighted by molar-refractivity contribution is -0.122. The van der Waals surface area contributed by atoms with Gasteiger partial charge in [0, 0.05) is 37.3 Å². The number of nitrogens with two attached hydrogens (primary N) is 1. The summed E-state index contributed by atoms with van der Waals surface area (Å²) in [6, 6.07) is 3.30. The topological polar surface area (TPSA) is 97.1 Å². The van der Waals surface area contributed by atoms with Gasteiger partial charge in [0.15, 0.2) is 0 Å². The van der Waals surface area contributed by atoms with Crippen molar-refractivity contribution in [1.82, 2.24) is 15.6 Å². The molecule has 0 aromatic carbocycles. The molecule has 0 aliphatic heterocycles. The molecule has 1 aliphatic rings. The van der Waals surface area contributed by atoms with Crippen LogP contribution in [0.5, 0.6) is 0 Å². The zero-order valence-corrected chi connectivity index (χ0v) is 10.7. The summed E-state index contributed by atoms with van der Waals surface area (Å²) in [5.74, 6) is 0.101. The summed E-state index contributed by atoms with van der Waals surface area (Å²) in [5.41, 5.74) is 6.67. The Bertz CT molecular complexity index is 471. The van der Waals surface area contributed by atoms with Crippen LogP contribution in [0.2, 0.25) is 0 Å². The van der Waals surface area contributed by atoms with E-state index in [2.05, 4.69) is 15.6 Å². The van der Waals surface area contributed by atoms with Gasteiger partial charge >= 0.3 is 0 Å². The van der Waals surface area contributed by atoms with Gasteiger partial charge in [-0.15, -0.1) is 0 Å². The number of hydrogen-bond donors (Lipinski definition) is 3. The summed E-state index contributed by atoms with van der Waals surface area (Å²) in [4.78, 5) is 27.2. The van der Waals surface area contributed by atoms with Gasteiger partial charge in [-0.2, -0.15) is 0 Å². The minimum atomic E-state index is -0.183. The Kier molecular flexibility index (Phi) is 4.46. The molecule has 1 heterocycles. The molecule has 1 saturated carbocycles. The van der Waals surface area contributed by atoms with E-state index in [4.69, 9.17) is 5.73 Å². The molecule has 1 aromatic rings. The number of rotatable bonds is 6. The number of pyridine rings is 1. The van der Waals surface area contributed by atoms with Crippen LogP contribution in [-0.2, 0) is 11.3 Å². The van der Waals surface area contributed by atoms with Gasteiger partial charge in [0.25, 0.3) is 5.91 Å². The van der Waals surface area contributed by atoms with Crippen LogP contribution in [-0.4, -0.2) is 29.9 Å². The minimum absolute atomic E-state index is 0.0866. The number of carbonyl (C=O) groups is 2. The summed E-state index contributed by atoms with van der Waals surface area (Å²) < 4.78 is 0. The number of nitrogens with zero attached hydrogens (tertiary/aromatic N) is 1. The molecule has 6 nitrogen and oxygen atoms in total. The monoisotopic (exact) mass is 262 g/mol. The molecule has 2 amide bonds. The van der Waals surface area contributed by atoms with E-state index in [-0.39, 0.29) is 17.7 Å². The van der Waals surface area contributed by atoms with Gasteiger partial charge < -0.3 is 16.4 Å². The second-order valence-electron chi connectivity index (χ2n) is 4.56. The molecule has 0 unspecified atom stereocenters. The highest BCUT2D eigenvalue weighted by molar-refractivity contribution is 5.94. The highest BCUT2D eigenvalue weighted by atomic mass is 16.2. The van der Waals surface area contributed by atoms with Crippen molar-refractivity contribution in [1.29, 1.82) is 0 Å². The van der Waals surface area contributed by atoms with E-state index in [1.807, 2.05) is 0 Å². The number of hydrogen-bond acceptors (Lipinski definition) is 4. The Balaban J connectivity index is 1.72. The molecule has 0 radical (unpaired) electrons. The fraction of sp³-hybridized carbons (Fsp3) is 0.462. The van der Waals surface area contributed by atoms with E-state index in [9.17, 15) is 9.59 Å². The first kappa shape index (κ1) is 13.5. The third-order valence-electron chi connectivity index (χ3n) is 2.95.